The molecule has 0 radical (unpaired) electrons. The Balaban J connectivity index is 1.85. The van der Waals surface area contributed by atoms with Crippen molar-refractivity contribution in [2.24, 2.45) is 0 Å². The molecule has 2 N–H and O–H groups in total. The maximum Gasteiger partial charge on any atom is 0.573 e. The number of aromatic nitrogens is 2. The highest BCUT2D eigenvalue weighted by Gasteiger charge is 2.31. The van der Waals surface area contributed by atoms with Gasteiger partial charge < -0.3 is 20.3 Å². The van der Waals surface area contributed by atoms with Crippen LogP contribution >= 0.6 is 0 Å². The topological polar surface area (TPSA) is 62.3 Å². The van der Waals surface area contributed by atoms with Crippen LogP contribution in [0.4, 0.5) is 33.7 Å². The van der Waals surface area contributed by atoms with Gasteiger partial charge in [0.05, 0.1) is 5.69 Å². The predicted molar refractivity (Wildman–Crippen MR) is 119 cm³/mol. The molecule has 0 unspecified atom stereocenters. The predicted octanol–water partition coefficient (Wildman–Crippen LogP) is 5.30. The number of ether oxygens (including phenoxy) is 1. The van der Waals surface area contributed by atoms with Crippen LogP contribution in [-0.4, -0.2) is 48.4 Å². The summed E-state index contributed by atoms with van der Waals surface area (Å²) in [5, 5.41) is 6.08. The van der Waals surface area contributed by atoms with E-state index >= 15 is 0 Å². The summed E-state index contributed by atoms with van der Waals surface area (Å²) in [6, 6.07) is 10.1. The van der Waals surface area contributed by atoms with E-state index in [-0.39, 0.29) is 18.2 Å². The summed E-state index contributed by atoms with van der Waals surface area (Å²) < 4.78 is 68.9. The lowest BCUT2D eigenvalue weighted by Crippen LogP contribution is -2.17. The minimum absolute atomic E-state index is 0.0719. The summed E-state index contributed by atoms with van der Waals surface area (Å²) in [6.07, 6.45) is -4.02. The van der Waals surface area contributed by atoms with Crippen LogP contribution in [0, 0.1) is 11.6 Å². The highest BCUT2D eigenvalue weighted by atomic mass is 19.4. The van der Waals surface area contributed by atoms with Crippen LogP contribution in [0.5, 0.6) is 5.75 Å². The third-order valence-electron chi connectivity index (χ3n) is 4.55. The van der Waals surface area contributed by atoms with Crippen LogP contribution in [0.25, 0.3) is 11.3 Å². The van der Waals surface area contributed by atoms with Gasteiger partial charge in [-0.2, -0.15) is 4.98 Å². The van der Waals surface area contributed by atoms with Crippen molar-refractivity contribution < 1.29 is 26.7 Å². The monoisotopic (exact) mass is 481 g/mol. The maximum atomic E-state index is 13.5. The summed E-state index contributed by atoms with van der Waals surface area (Å²) >= 11 is 0. The van der Waals surface area contributed by atoms with Crippen LogP contribution in [0.1, 0.15) is 12.0 Å². The van der Waals surface area contributed by atoms with E-state index in [1.54, 1.807) is 6.07 Å². The Morgan fingerprint density at radius 2 is 1.68 bits per heavy atom. The molecule has 0 saturated heterocycles. The van der Waals surface area contributed by atoms with Gasteiger partial charge in [0.25, 0.3) is 0 Å². The Hall–Kier alpha value is -3.47. The molecule has 3 aromatic rings. The minimum Gasteiger partial charge on any atom is -0.406 e. The number of nitrogens with zero attached hydrogens (tertiary/aromatic N) is 3. The molecule has 1 aromatic heterocycles. The molecule has 0 fully saturated rings. The molecule has 11 heteroatoms. The van der Waals surface area contributed by atoms with Gasteiger partial charge >= 0.3 is 6.36 Å². The fourth-order valence-corrected chi connectivity index (χ4v) is 3.12. The molecule has 6 nitrogen and oxygen atoms in total. The summed E-state index contributed by atoms with van der Waals surface area (Å²) in [4.78, 5) is 10.8. The zero-order valence-corrected chi connectivity index (χ0v) is 18.6. The molecule has 2 aromatic carbocycles. The second-order valence-electron chi connectivity index (χ2n) is 7.75. The summed E-state index contributed by atoms with van der Waals surface area (Å²) in [5.74, 6) is -1.21. The summed E-state index contributed by atoms with van der Waals surface area (Å²) in [5.41, 5.74) is 1.07. The van der Waals surface area contributed by atoms with Gasteiger partial charge in [-0.15, -0.1) is 13.2 Å². The Bertz CT molecular complexity index is 1090. The largest absolute Gasteiger partial charge is 0.573 e. The molecule has 0 aliphatic heterocycles. The quantitative estimate of drug-likeness (QED) is 0.303. The SMILES string of the molecule is CN(C)CCCNc1nc(NCc2cc(F)cc(F)c2)cc(-c2cccc(OC(F)(F)F)c2)n1. The van der Waals surface area contributed by atoms with Gasteiger partial charge in [-0.3, -0.25) is 0 Å². The molecule has 0 spiro atoms. The molecular weight excluding hydrogens is 457 g/mol. The first kappa shape index (κ1) is 25.2. The van der Waals surface area contributed by atoms with E-state index in [1.807, 2.05) is 19.0 Å². The van der Waals surface area contributed by atoms with Gasteiger partial charge in [0.2, 0.25) is 5.95 Å². The molecule has 182 valence electrons. The summed E-state index contributed by atoms with van der Waals surface area (Å²) in [6.45, 7) is 1.47. The van der Waals surface area contributed by atoms with Crippen molar-refractivity contribution >= 4 is 11.8 Å². The van der Waals surface area contributed by atoms with Crippen molar-refractivity contribution in [1.82, 2.24) is 14.9 Å². The first-order valence-electron chi connectivity index (χ1n) is 10.4. The number of halogens is 5. The number of hydrogen-bond donors (Lipinski definition) is 2. The molecule has 0 saturated carbocycles. The molecule has 0 bridgehead atoms. The van der Waals surface area contributed by atoms with Crippen LogP contribution in [0.15, 0.2) is 48.5 Å². The first-order valence-corrected chi connectivity index (χ1v) is 10.4. The molecule has 3 rings (SSSR count). The van der Waals surface area contributed by atoms with E-state index in [9.17, 15) is 22.0 Å². The third kappa shape index (κ3) is 8.14. The van der Waals surface area contributed by atoms with Crippen molar-refractivity contribution in [2.75, 3.05) is 37.8 Å². The molecule has 0 atom stereocenters. The van der Waals surface area contributed by atoms with Crippen LogP contribution in [-0.2, 0) is 6.54 Å². The Kier molecular flexibility index (Phi) is 8.21. The lowest BCUT2D eigenvalue weighted by molar-refractivity contribution is -0.274. The second kappa shape index (κ2) is 11.1. The van der Waals surface area contributed by atoms with E-state index in [4.69, 9.17) is 0 Å². The van der Waals surface area contributed by atoms with E-state index in [0.29, 0.717) is 29.2 Å². The molecule has 0 aliphatic rings. The average molecular weight is 481 g/mol. The number of alkyl halides is 3. The minimum atomic E-state index is -4.82. The van der Waals surface area contributed by atoms with Crippen LogP contribution in [0.2, 0.25) is 0 Å². The normalized spacial score (nSPS) is 11.5. The van der Waals surface area contributed by atoms with Gasteiger partial charge in [-0.25, -0.2) is 13.8 Å². The van der Waals surface area contributed by atoms with Gasteiger partial charge in [-0.1, -0.05) is 12.1 Å². The number of hydrogen-bond acceptors (Lipinski definition) is 6. The number of rotatable bonds is 10. The van der Waals surface area contributed by atoms with Crippen molar-refractivity contribution in [2.45, 2.75) is 19.3 Å². The van der Waals surface area contributed by atoms with Crippen molar-refractivity contribution in [1.29, 1.82) is 0 Å². The standard InChI is InChI=1S/C23H24F5N5O/c1-33(2)8-4-7-29-22-31-20(16-5-3-6-19(11-16)34-23(26,27)28)13-21(32-22)30-14-15-9-17(24)12-18(25)10-15/h3,5-6,9-13H,4,7-8,14H2,1-2H3,(H2,29,30,31,32). The molecular formula is C23H24F5N5O. The Morgan fingerprint density at radius 3 is 2.35 bits per heavy atom. The third-order valence-corrected chi connectivity index (χ3v) is 4.55. The molecule has 0 amide bonds. The fourth-order valence-electron chi connectivity index (χ4n) is 3.12. The Labute approximate surface area is 193 Å². The highest BCUT2D eigenvalue weighted by molar-refractivity contribution is 5.66. The molecule has 0 aliphatic carbocycles. The Morgan fingerprint density at radius 1 is 0.941 bits per heavy atom. The van der Waals surface area contributed by atoms with Crippen molar-refractivity contribution in [3.05, 3.63) is 65.7 Å². The highest BCUT2D eigenvalue weighted by Crippen LogP contribution is 2.28. The van der Waals surface area contributed by atoms with Crippen LogP contribution < -0.4 is 15.4 Å². The van der Waals surface area contributed by atoms with Gasteiger partial charge in [0.1, 0.15) is 23.2 Å². The second-order valence-corrected chi connectivity index (χ2v) is 7.75. The molecule has 34 heavy (non-hydrogen) atoms. The zero-order chi connectivity index (χ0) is 24.7. The lowest BCUT2D eigenvalue weighted by atomic mass is 10.1. The van der Waals surface area contributed by atoms with Crippen molar-refractivity contribution in [3.8, 4) is 17.0 Å². The van der Waals surface area contributed by atoms with E-state index < -0.39 is 18.0 Å². The average Bonchev–Trinajstić information content (AvgIpc) is 2.73. The number of nitrogens with one attached hydrogen (secondary N) is 2. The maximum absolute atomic E-state index is 13.5. The van der Waals surface area contributed by atoms with Crippen LogP contribution in [0.3, 0.4) is 0 Å². The van der Waals surface area contributed by atoms with Crippen molar-refractivity contribution in [3.63, 3.8) is 0 Å². The van der Waals surface area contributed by atoms with E-state index in [1.165, 1.54) is 36.4 Å². The van der Waals surface area contributed by atoms with E-state index in [2.05, 4.69) is 25.3 Å². The summed E-state index contributed by atoms with van der Waals surface area (Å²) in [7, 11) is 3.90. The van der Waals surface area contributed by atoms with Gasteiger partial charge in [0.15, 0.2) is 0 Å². The fraction of sp³-hybridized carbons (Fsp3) is 0.304. The van der Waals surface area contributed by atoms with E-state index in [0.717, 1.165) is 19.0 Å². The first-order chi connectivity index (χ1) is 16.1. The lowest BCUT2D eigenvalue weighted by Gasteiger charge is -2.14. The zero-order valence-electron chi connectivity index (χ0n) is 18.6. The van der Waals surface area contributed by atoms with Gasteiger partial charge in [0, 0.05) is 30.8 Å². The van der Waals surface area contributed by atoms with Gasteiger partial charge in [-0.05, 0) is 56.9 Å². The number of anilines is 2. The smallest absolute Gasteiger partial charge is 0.406 e. The number of benzene rings is 2. The molecule has 1 heterocycles.